The van der Waals surface area contributed by atoms with E-state index < -0.39 is 0 Å². The van der Waals surface area contributed by atoms with Gasteiger partial charge in [0.15, 0.2) is 23.0 Å². The number of likely N-dealkylation sites (N-methyl/N-ethyl adjacent to an activating group) is 1. The van der Waals surface area contributed by atoms with Gasteiger partial charge in [0.05, 0.1) is 12.3 Å². The first-order valence-electron chi connectivity index (χ1n) is 10.1. The van der Waals surface area contributed by atoms with E-state index in [1.165, 1.54) is 0 Å². The second-order valence-electron chi connectivity index (χ2n) is 7.32. The monoisotopic (exact) mass is 422 g/mol. The van der Waals surface area contributed by atoms with Crippen molar-refractivity contribution in [3.63, 3.8) is 0 Å². The van der Waals surface area contributed by atoms with Crippen molar-refractivity contribution in [2.45, 2.75) is 13.3 Å². The fourth-order valence-corrected chi connectivity index (χ4v) is 3.78. The Morgan fingerprint density at radius 3 is 2.68 bits per heavy atom. The molecule has 0 atom stereocenters. The quantitative estimate of drug-likeness (QED) is 0.615. The van der Waals surface area contributed by atoms with Gasteiger partial charge in [-0.25, -0.2) is 4.79 Å². The number of fused-ring (bicyclic) bond motifs is 4. The molecular weight excluding hydrogens is 400 g/mol. The summed E-state index contributed by atoms with van der Waals surface area (Å²) >= 11 is 0. The number of benzene rings is 2. The number of aromatic nitrogens is 1. The van der Waals surface area contributed by atoms with Crippen molar-refractivity contribution < 1.29 is 28.5 Å². The van der Waals surface area contributed by atoms with Gasteiger partial charge in [0.1, 0.15) is 0 Å². The minimum atomic E-state index is -0.343. The molecule has 0 aliphatic carbocycles. The lowest BCUT2D eigenvalue weighted by Crippen LogP contribution is -2.29. The van der Waals surface area contributed by atoms with E-state index in [4.69, 9.17) is 28.7 Å². The predicted octanol–water partition coefficient (Wildman–Crippen LogP) is 3.99. The van der Waals surface area contributed by atoms with Gasteiger partial charge in [0, 0.05) is 30.7 Å². The van der Waals surface area contributed by atoms with Crippen LogP contribution in [0.25, 0.3) is 22.0 Å². The summed E-state index contributed by atoms with van der Waals surface area (Å²) in [4.78, 5) is 18.2. The number of carbonyl (C=O) groups excluding carboxylic acids is 1. The molecule has 1 aromatic heterocycles. The summed E-state index contributed by atoms with van der Waals surface area (Å²) in [5, 5.41) is 1.91. The van der Waals surface area contributed by atoms with Gasteiger partial charge < -0.3 is 28.6 Å². The van der Waals surface area contributed by atoms with Crippen LogP contribution in [-0.2, 0) is 11.2 Å². The zero-order valence-electron chi connectivity index (χ0n) is 17.3. The van der Waals surface area contributed by atoms with E-state index in [0.29, 0.717) is 31.1 Å². The van der Waals surface area contributed by atoms with Gasteiger partial charge in [-0.05, 0) is 48.6 Å². The highest BCUT2D eigenvalue weighted by atomic mass is 16.7. The maximum Gasteiger partial charge on any atom is 0.409 e. The Bertz CT molecular complexity index is 1160. The fraction of sp³-hybridized carbons (Fsp3) is 0.304. The number of pyridine rings is 1. The maximum atomic E-state index is 12.0. The molecule has 160 valence electrons. The molecule has 0 N–H and O–H groups in total. The first-order valence-corrected chi connectivity index (χ1v) is 10.1. The van der Waals surface area contributed by atoms with Crippen LogP contribution in [0.15, 0.2) is 36.5 Å². The predicted molar refractivity (Wildman–Crippen MR) is 113 cm³/mol. The number of nitrogens with zero attached hydrogens (tertiary/aromatic N) is 2. The number of ether oxygens (including phenoxy) is 5. The van der Waals surface area contributed by atoms with E-state index in [-0.39, 0.29) is 19.7 Å². The zero-order valence-corrected chi connectivity index (χ0v) is 17.3. The third-order valence-corrected chi connectivity index (χ3v) is 5.41. The van der Waals surface area contributed by atoms with Crippen LogP contribution >= 0.6 is 0 Å². The third kappa shape index (κ3) is 3.54. The number of hydrogen-bond acceptors (Lipinski definition) is 7. The van der Waals surface area contributed by atoms with E-state index >= 15 is 0 Å². The Morgan fingerprint density at radius 2 is 1.84 bits per heavy atom. The van der Waals surface area contributed by atoms with Gasteiger partial charge in [0.25, 0.3) is 0 Å². The molecule has 1 amide bonds. The van der Waals surface area contributed by atoms with Gasteiger partial charge >= 0.3 is 6.09 Å². The van der Waals surface area contributed by atoms with Crippen molar-refractivity contribution in [1.29, 1.82) is 0 Å². The van der Waals surface area contributed by atoms with Crippen molar-refractivity contribution in [2.75, 3.05) is 33.8 Å². The molecule has 5 rings (SSSR count). The van der Waals surface area contributed by atoms with E-state index in [1.807, 2.05) is 30.3 Å². The summed E-state index contributed by atoms with van der Waals surface area (Å²) in [6, 6.07) is 9.83. The van der Waals surface area contributed by atoms with Crippen LogP contribution < -0.4 is 18.9 Å². The molecule has 8 heteroatoms. The second-order valence-corrected chi connectivity index (χ2v) is 7.32. The lowest BCUT2D eigenvalue weighted by molar-refractivity contribution is 0.116. The minimum absolute atomic E-state index is 0.190. The highest BCUT2D eigenvalue weighted by molar-refractivity contribution is 5.93. The normalized spacial score (nSPS) is 13.5. The summed E-state index contributed by atoms with van der Waals surface area (Å²) in [5.41, 5.74) is 2.74. The molecule has 0 fully saturated rings. The topological polar surface area (TPSA) is 79.4 Å². The molecule has 31 heavy (non-hydrogen) atoms. The zero-order chi connectivity index (χ0) is 21.4. The third-order valence-electron chi connectivity index (χ3n) is 5.41. The van der Waals surface area contributed by atoms with Crippen molar-refractivity contribution in [2.24, 2.45) is 0 Å². The number of carbonyl (C=O) groups is 1. The average Bonchev–Trinajstić information content (AvgIpc) is 3.45. The summed E-state index contributed by atoms with van der Waals surface area (Å²) in [7, 11) is 1.72. The number of rotatable bonds is 5. The van der Waals surface area contributed by atoms with Crippen LogP contribution in [-0.4, -0.2) is 49.8 Å². The van der Waals surface area contributed by atoms with E-state index in [0.717, 1.165) is 39.1 Å². The molecule has 8 nitrogen and oxygen atoms in total. The van der Waals surface area contributed by atoms with Crippen molar-refractivity contribution in [3.05, 3.63) is 42.1 Å². The molecule has 0 spiro atoms. The Morgan fingerprint density at radius 1 is 1.06 bits per heavy atom. The molecule has 2 aromatic carbocycles. The van der Waals surface area contributed by atoms with Crippen molar-refractivity contribution in [3.8, 4) is 34.3 Å². The average molecular weight is 422 g/mol. The molecule has 0 saturated heterocycles. The van der Waals surface area contributed by atoms with Crippen molar-refractivity contribution >= 4 is 16.9 Å². The lowest BCUT2D eigenvalue weighted by Gasteiger charge is -2.18. The first kappa shape index (κ1) is 19.3. The Hall–Kier alpha value is -3.68. The summed E-state index contributed by atoms with van der Waals surface area (Å²) in [6.07, 6.45) is 2.07. The Labute approximate surface area is 179 Å². The molecule has 2 aliphatic rings. The minimum Gasteiger partial charge on any atom is -0.454 e. The van der Waals surface area contributed by atoms with Crippen LogP contribution in [0.2, 0.25) is 0 Å². The van der Waals surface area contributed by atoms with Crippen LogP contribution in [0.4, 0.5) is 4.79 Å². The van der Waals surface area contributed by atoms with Crippen LogP contribution in [0, 0.1) is 0 Å². The SMILES string of the molecule is CCOC(=O)N(C)CCc1cc2c(cc1-c1cc3ccc4c(c3cn1)OCO4)OCO2. The van der Waals surface area contributed by atoms with Gasteiger partial charge in [-0.15, -0.1) is 0 Å². The Kier molecular flexibility index (Phi) is 4.89. The first-order chi connectivity index (χ1) is 15.1. The fourth-order valence-electron chi connectivity index (χ4n) is 3.78. The standard InChI is InChI=1S/C23H22N2O6/c1-3-27-23(26)25(2)7-6-15-9-20-21(30-12-29-20)10-16(15)18-8-14-4-5-19-22(31-13-28-19)17(14)11-24-18/h4-5,8-11H,3,6-7,12-13H2,1-2H3. The smallest absolute Gasteiger partial charge is 0.409 e. The molecule has 3 aromatic rings. The van der Waals surface area contributed by atoms with Crippen LogP contribution in [0.5, 0.6) is 23.0 Å². The van der Waals surface area contributed by atoms with E-state index in [2.05, 4.69) is 0 Å². The molecule has 0 bridgehead atoms. The molecule has 0 unspecified atom stereocenters. The summed E-state index contributed by atoms with van der Waals surface area (Å²) in [6.45, 7) is 3.04. The molecule has 0 radical (unpaired) electrons. The van der Waals surface area contributed by atoms with Gasteiger partial charge in [-0.2, -0.15) is 0 Å². The largest absolute Gasteiger partial charge is 0.454 e. The lowest BCUT2D eigenvalue weighted by atomic mass is 9.98. The van der Waals surface area contributed by atoms with Crippen LogP contribution in [0.1, 0.15) is 12.5 Å². The maximum absolute atomic E-state index is 12.0. The molecule has 0 saturated carbocycles. The molecule has 3 heterocycles. The highest BCUT2D eigenvalue weighted by Gasteiger charge is 2.21. The molecule has 2 aliphatic heterocycles. The summed E-state index contributed by atoms with van der Waals surface area (Å²) in [5.74, 6) is 2.83. The second kappa shape index (κ2) is 7.86. The number of amides is 1. The van der Waals surface area contributed by atoms with E-state index in [9.17, 15) is 4.79 Å². The van der Waals surface area contributed by atoms with Gasteiger partial charge in [0.2, 0.25) is 13.6 Å². The van der Waals surface area contributed by atoms with Crippen LogP contribution in [0.3, 0.4) is 0 Å². The Balaban J connectivity index is 1.51. The van der Waals surface area contributed by atoms with Gasteiger partial charge in [-0.1, -0.05) is 6.07 Å². The number of hydrogen-bond donors (Lipinski definition) is 0. The van der Waals surface area contributed by atoms with E-state index in [1.54, 1.807) is 25.1 Å². The molecular formula is C23H22N2O6. The van der Waals surface area contributed by atoms with Gasteiger partial charge in [-0.3, -0.25) is 4.98 Å². The summed E-state index contributed by atoms with van der Waals surface area (Å²) < 4.78 is 27.3. The van der Waals surface area contributed by atoms with Crippen molar-refractivity contribution in [1.82, 2.24) is 9.88 Å². The highest BCUT2D eigenvalue weighted by Crippen LogP contribution is 2.42.